The lowest BCUT2D eigenvalue weighted by molar-refractivity contribution is -0.112. The molecular weight excluding hydrogens is 574 g/mol. The van der Waals surface area contributed by atoms with Crippen LogP contribution in [-0.4, -0.2) is 78.7 Å². The van der Waals surface area contributed by atoms with Crippen molar-refractivity contribution < 1.29 is 48.7 Å². The monoisotopic (exact) mass is 617 g/mol. The predicted molar refractivity (Wildman–Crippen MR) is 165 cm³/mol. The second-order valence-electron chi connectivity index (χ2n) is 10.4. The maximum absolute atomic E-state index is 13.0. The van der Waals surface area contributed by atoms with Gasteiger partial charge >= 0.3 is 12.2 Å². The zero-order chi connectivity index (χ0) is 33.1. The molecule has 0 saturated carbocycles. The topological polar surface area (TPSA) is 199 Å². The third-order valence-corrected chi connectivity index (χ3v) is 7.00. The number of aliphatic hydroxyl groups excluding tert-OH is 1. The van der Waals surface area contributed by atoms with E-state index in [1.54, 1.807) is 39.8 Å². The average Bonchev–Trinajstić information content (AvgIpc) is 2.96. The van der Waals surface area contributed by atoms with Crippen LogP contribution in [0.3, 0.4) is 0 Å². The van der Waals surface area contributed by atoms with Gasteiger partial charge in [-0.1, -0.05) is 36.8 Å². The second-order valence-corrected chi connectivity index (χ2v) is 10.4. The van der Waals surface area contributed by atoms with Gasteiger partial charge in [0.25, 0.3) is 5.91 Å². The summed E-state index contributed by atoms with van der Waals surface area (Å²) in [4.78, 5) is 37.0. The van der Waals surface area contributed by atoms with Gasteiger partial charge in [0, 0.05) is 37.3 Å². The van der Waals surface area contributed by atoms with Crippen molar-refractivity contribution in [3.05, 3.63) is 52.7 Å². The summed E-state index contributed by atoms with van der Waals surface area (Å²) in [5.41, 5.74) is 6.41. The molecule has 0 aliphatic carbocycles. The first-order valence-corrected chi connectivity index (χ1v) is 14.0. The molecule has 1 aliphatic rings. The van der Waals surface area contributed by atoms with E-state index in [1.165, 1.54) is 39.4 Å². The fourth-order valence-corrected chi connectivity index (χ4v) is 4.68. The zero-order valence-electron chi connectivity index (χ0n) is 26.0. The number of nitrogens with two attached hydrogens (primary N) is 1. The van der Waals surface area contributed by atoms with E-state index in [0.717, 1.165) is 6.07 Å². The number of allylic oxidation sites excluding steroid dienone is 2. The number of carbonyl (C=O) groups excluding carboxylic acids is 3. The number of nitrogens with one attached hydrogen (secondary N) is 2. The van der Waals surface area contributed by atoms with Crippen LogP contribution in [0.4, 0.5) is 21.0 Å². The molecule has 13 nitrogen and oxygen atoms in total. The maximum atomic E-state index is 13.0. The third kappa shape index (κ3) is 9.59. The number of amides is 3. The normalized spacial score (nSPS) is 23.5. The molecule has 2 bridgehead atoms. The Morgan fingerprint density at radius 2 is 1.84 bits per heavy atom. The smallest absolute Gasteiger partial charge is 0.411 e. The average molecular weight is 618 g/mol. The zero-order valence-corrected chi connectivity index (χ0v) is 26.0. The van der Waals surface area contributed by atoms with Crippen LogP contribution in [0.2, 0.25) is 0 Å². The summed E-state index contributed by atoms with van der Waals surface area (Å²) in [7, 11) is 2.85. The van der Waals surface area contributed by atoms with Crippen molar-refractivity contribution in [2.45, 2.75) is 65.5 Å². The van der Waals surface area contributed by atoms with Crippen molar-refractivity contribution in [3.8, 4) is 11.5 Å². The Hall–Kier alpha value is -4.33. The second kappa shape index (κ2) is 16.5. The van der Waals surface area contributed by atoms with Gasteiger partial charge in [0.1, 0.15) is 17.6 Å². The van der Waals surface area contributed by atoms with Crippen LogP contribution >= 0.6 is 0 Å². The molecule has 44 heavy (non-hydrogen) atoms. The molecule has 13 heteroatoms. The van der Waals surface area contributed by atoms with Crippen LogP contribution < -0.4 is 16.4 Å². The fraction of sp³-hybridized carbons (Fsp3) is 0.452. The Morgan fingerprint density at radius 3 is 2.43 bits per heavy atom. The molecule has 1 aromatic rings. The van der Waals surface area contributed by atoms with Crippen LogP contribution in [0, 0.1) is 5.92 Å². The highest BCUT2D eigenvalue weighted by Gasteiger charge is 2.29. The fourth-order valence-electron chi connectivity index (χ4n) is 4.68. The molecule has 5 atom stereocenters. The van der Waals surface area contributed by atoms with Gasteiger partial charge < -0.3 is 45.3 Å². The molecule has 0 radical (unpaired) electrons. The lowest BCUT2D eigenvalue weighted by Crippen LogP contribution is -2.36. The standard InChI is InChI=1S/C31H43N3O10/c1-8-43-31(40)34-25-20-12-16(2)13-24(42-7)26(36)18(4)14-19(5)28(44-30(32)39)23(41-6)11-9-10-17(3)29(38)33-21(27(20)37)15-22(25)35/h9-12,14-15,18,23-24,26,28,35-37H,8,13H2,1-7H3,(H2,32,39)(H,33,38)(H,34,40)/t18-,23-,24-,26+,28-/m0/s1. The van der Waals surface area contributed by atoms with E-state index in [4.69, 9.17) is 24.7 Å². The van der Waals surface area contributed by atoms with E-state index in [2.05, 4.69) is 10.6 Å². The molecule has 7 N–H and O–H groups in total. The first kappa shape index (κ1) is 35.9. The number of aromatic hydroxyl groups is 2. The number of aliphatic hydroxyl groups is 1. The highest BCUT2D eigenvalue weighted by molar-refractivity contribution is 6.06. The molecule has 1 aromatic carbocycles. The lowest BCUT2D eigenvalue weighted by atomic mass is 9.91. The largest absolute Gasteiger partial charge is 0.506 e. The first-order valence-electron chi connectivity index (χ1n) is 14.0. The van der Waals surface area contributed by atoms with Crippen LogP contribution in [0.25, 0.3) is 6.08 Å². The van der Waals surface area contributed by atoms with Gasteiger partial charge in [-0.3, -0.25) is 10.1 Å². The maximum Gasteiger partial charge on any atom is 0.411 e. The summed E-state index contributed by atoms with van der Waals surface area (Å²) in [6.07, 6.45) is 2.55. The van der Waals surface area contributed by atoms with Crippen molar-refractivity contribution >= 4 is 35.5 Å². The van der Waals surface area contributed by atoms with E-state index in [9.17, 15) is 29.7 Å². The van der Waals surface area contributed by atoms with Gasteiger partial charge in [-0.05, 0) is 45.8 Å². The Labute approximate surface area is 257 Å². The first-order chi connectivity index (χ1) is 20.7. The molecule has 3 amide bonds. The Kier molecular flexibility index (Phi) is 13.4. The Morgan fingerprint density at radius 1 is 1.16 bits per heavy atom. The van der Waals surface area contributed by atoms with Gasteiger partial charge in [-0.2, -0.15) is 0 Å². The van der Waals surface area contributed by atoms with E-state index < -0.39 is 59.9 Å². The number of ether oxygens (including phenoxy) is 4. The summed E-state index contributed by atoms with van der Waals surface area (Å²) in [6, 6.07) is 1.09. The van der Waals surface area contributed by atoms with Crippen LogP contribution in [0.5, 0.6) is 11.5 Å². The number of carbonyl (C=O) groups is 3. The minimum absolute atomic E-state index is 0.00666. The van der Waals surface area contributed by atoms with Gasteiger partial charge in [-0.25, -0.2) is 9.59 Å². The summed E-state index contributed by atoms with van der Waals surface area (Å²) < 4.78 is 21.4. The number of hydrogen-bond acceptors (Lipinski definition) is 10. The Bertz CT molecular complexity index is 1330. The van der Waals surface area contributed by atoms with Crippen molar-refractivity contribution in [2.75, 3.05) is 31.5 Å². The minimum atomic E-state index is -1.04. The number of hydrogen-bond donors (Lipinski definition) is 6. The molecule has 1 aliphatic heterocycles. The van der Waals surface area contributed by atoms with E-state index in [1.807, 2.05) is 0 Å². The molecule has 0 spiro atoms. The molecular formula is C31H43N3O10. The van der Waals surface area contributed by atoms with Crippen LogP contribution in [-0.2, 0) is 23.7 Å². The summed E-state index contributed by atoms with van der Waals surface area (Å²) in [5.74, 6) is -1.98. The van der Waals surface area contributed by atoms with E-state index in [-0.39, 0.29) is 35.5 Å². The minimum Gasteiger partial charge on any atom is -0.506 e. The van der Waals surface area contributed by atoms with Gasteiger partial charge in [0.2, 0.25) is 0 Å². The number of anilines is 2. The lowest BCUT2D eigenvalue weighted by Gasteiger charge is -2.28. The van der Waals surface area contributed by atoms with Crippen LogP contribution in [0.15, 0.2) is 47.1 Å². The number of primary amides is 1. The van der Waals surface area contributed by atoms with Crippen molar-refractivity contribution in [1.29, 1.82) is 0 Å². The quantitative estimate of drug-likeness (QED) is 0.157. The van der Waals surface area contributed by atoms with Crippen molar-refractivity contribution in [1.82, 2.24) is 0 Å². The molecule has 0 unspecified atom stereocenters. The molecule has 0 aromatic heterocycles. The number of benzene rings is 1. The Balaban J connectivity index is 2.76. The van der Waals surface area contributed by atoms with E-state index in [0.29, 0.717) is 11.1 Å². The number of fused-ring (bicyclic) bond motifs is 2. The number of phenols is 2. The van der Waals surface area contributed by atoms with Crippen molar-refractivity contribution in [2.24, 2.45) is 11.7 Å². The SMILES string of the molecule is CCOC(=O)Nc1c(O)cc2c(O)c1C=C(C)C[C@H](OC)[C@H](O)[C@@H](C)C=C(C)[C@H](OC(N)=O)[C@@H](OC)C=CC=C(C)C(=O)N2. The number of phenolic OH excluding ortho intramolecular Hbond substituents is 2. The number of methoxy groups -OCH3 is 2. The molecule has 2 rings (SSSR count). The third-order valence-electron chi connectivity index (χ3n) is 7.00. The summed E-state index contributed by atoms with van der Waals surface area (Å²) >= 11 is 0. The summed E-state index contributed by atoms with van der Waals surface area (Å²) in [6.45, 7) is 8.39. The van der Waals surface area contributed by atoms with Crippen molar-refractivity contribution in [3.63, 3.8) is 0 Å². The molecule has 242 valence electrons. The predicted octanol–water partition coefficient (Wildman–Crippen LogP) is 4.35. The summed E-state index contributed by atoms with van der Waals surface area (Å²) in [5, 5.41) is 38.3. The molecule has 0 saturated heterocycles. The molecule has 1 heterocycles. The van der Waals surface area contributed by atoms with Gasteiger partial charge in [-0.15, -0.1) is 0 Å². The van der Waals surface area contributed by atoms with Crippen LogP contribution in [0.1, 0.15) is 46.6 Å². The van der Waals surface area contributed by atoms with Gasteiger partial charge in [0.05, 0.1) is 30.2 Å². The van der Waals surface area contributed by atoms with Gasteiger partial charge in [0.15, 0.2) is 6.10 Å². The van der Waals surface area contributed by atoms with E-state index >= 15 is 0 Å². The molecule has 0 fully saturated rings. The highest BCUT2D eigenvalue weighted by Crippen LogP contribution is 2.42. The number of rotatable bonds is 5. The highest BCUT2D eigenvalue weighted by atomic mass is 16.6.